The highest BCUT2D eigenvalue weighted by molar-refractivity contribution is 7.16. The molecule has 0 fully saturated rings. The van der Waals surface area contributed by atoms with Crippen LogP contribution < -0.4 is 5.32 Å². The van der Waals surface area contributed by atoms with Gasteiger partial charge in [0.25, 0.3) is 0 Å². The third-order valence-electron chi connectivity index (χ3n) is 3.11. The van der Waals surface area contributed by atoms with Gasteiger partial charge in [0.15, 0.2) is 0 Å². The predicted molar refractivity (Wildman–Crippen MR) is 98.6 cm³/mol. The first kappa shape index (κ1) is 20.3. The highest BCUT2D eigenvalue weighted by atomic mass is 35.5. The standard InChI is InChI=1S/C17H29ClN2O2S/c1-16(2,3)20(15(21)22-17(4,5)6)12-11-19-10-9-13-7-8-14(18)23-13/h7-8,19H,9-12H2,1-6H3. The number of nitrogens with zero attached hydrogens (tertiary/aromatic N) is 1. The molecule has 0 spiro atoms. The molecule has 1 heterocycles. The Labute approximate surface area is 149 Å². The monoisotopic (exact) mass is 360 g/mol. The minimum atomic E-state index is -0.480. The molecule has 1 aromatic heterocycles. The first-order chi connectivity index (χ1) is 10.5. The number of carbonyl (C=O) groups excluding carboxylic acids is 1. The molecule has 0 atom stereocenters. The van der Waals surface area contributed by atoms with Gasteiger partial charge in [0, 0.05) is 30.1 Å². The molecule has 0 saturated heterocycles. The van der Waals surface area contributed by atoms with Crippen LogP contribution in [0.3, 0.4) is 0 Å². The van der Waals surface area contributed by atoms with E-state index in [1.165, 1.54) is 4.88 Å². The van der Waals surface area contributed by atoms with Crippen molar-refractivity contribution < 1.29 is 9.53 Å². The molecule has 0 aliphatic rings. The topological polar surface area (TPSA) is 41.6 Å². The number of halogens is 1. The summed E-state index contributed by atoms with van der Waals surface area (Å²) in [5.74, 6) is 0. The molecule has 0 aromatic carbocycles. The molecule has 0 aliphatic heterocycles. The third kappa shape index (κ3) is 8.04. The number of thiophene rings is 1. The molecular formula is C17H29ClN2O2S. The van der Waals surface area contributed by atoms with Gasteiger partial charge in [0.2, 0.25) is 0 Å². The van der Waals surface area contributed by atoms with E-state index in [4.69, 9.17) is 16.3 Å². The van der Waals surface area contributed by atoms with Crippen molar-refractivity contribution in [3.8, 4) is 0 Å². The largest absolute Gasteiger partial charge is 0.444 e. The van der Waals surface area contributed by atoms with Crippen LogP contribution in [0.2, 0.25) is 4.34 Å². The zero-order valence-electron chi connectivity index (χ0n) is 15.0. The Morgan fingerprint density at radius 3 is 2.35 bits per heavy atom. The molecule has 1 rings (SSSR count). The normalized spacial score (nSPS) is 12.3. The fourth-order valence-electron chi connectivity index (χ4n) is 2.03. The van der Waals surface area contributed by atoms with E-state index in [1.807, 2.05) is 47.6 Å². The zero-order valence-corrected chi connectivity index (χ0v) is 16.6. The lowest BCUT2D eigenvalue weighted by Gasteiger charge is -2.36. The molecule has 6 heteroatoms. The lowest BCUT2D eigenvalue weighted by molar-refractivity contribution is 0.00666. The molecular weight excluding hydrogens is 332 g/mol. The maximum absolute atomic E-state index is 12.4. The summed E-state index contributed by atoms with van der Waals surface area (Å²) >= 11 is 7.53. The summed E-state index contributed by atoms with van der Waals surface area (Å²) in [5.41, 5.74) is -0.752. The molecule has 1 N–H and O–H groups in total. The Morgan fingerprint density at radius 1 is 1.22 bits per heavy atom. The smallest absolute Gasteiger partial charge is 0.410 e. The summed E-state index contributed by atoms with van der Waals surface area (Å²) < 4.78 is 6.32. The van der Waals surface area contributed by atoms with Crippen molar-refractivity contribution in [3.05, 3.63) is 21.3 Å². The summed E-state index contributed by atoms with van der Waals surface area (Å²) in [7, 11) is 0. The van der Waals surface area contributed by atoms with Gasteiger partial charge < -0.3 is 15.0 Å². The fraction of sp³-hybridized carbons (Fsp3) is 0.706. The van der Waals surface area contributed by atoms with Crippen LogP contribution in [0.4, 0.5) is 4.79 Å². The van der Waals surface area contributed by atoms with Gasteiger partial charge in [-0.2, -0.15) is 0 Å². The van der Waals surface area contributed by atoms with Crippen LogP contribution in [0, 0.1) is 0 Å². The van der Waals surface area contributed by atoms with Gasteiger partial charge >= 0.3 is 6.09 Å². The molecule has 0 aliphatic carbocycles. The molecule has 1 aromatic rings. The number of ether oxygens (including phenoxy) is 1. The SMILES string of the molecule is CC(C)(C)OC(=O)N(CCNCCc1ccc(Cl)s1)C(C)(C)C. The molecule has 23 heavy (non-hydrogen) atoms. The maximum Gasteiger partial charge on any atom is 0.410 e. The first-order valence-corrected chi connectivity index (χ1v) is 9.14. The quantitative estimate of drug-likeness (QED) is 0.755. The van der Waals surface area contributed by atoms with Gasteiger partial charge in [-0.3, -0.25) is 0 Å². The summed E-state index contributed by atoms with van der Waals surface area (Å²) in [6.07, 6.45) is 0.677. The summed E-state index contributed by atoms with van der Waals surface area (Å²) in [4.78, 5) is 15.4. The molecule has 1 amide bonds. The summed E-state index contributed by atoms with van der Waals surface area (Å²) in [6.45, 7) is 13.9. The van der Waals surface area contributed by atoms with Crippen molar-refractivity contribution in [1.29, 1.82) is 0 Å². The second kappa shape index (κ2) is 8.36. The molecule has 0 bridgehead atoms. The Morgan fingerprint density at radius 2 is 1.87 bits per heavy atom. The van der Waals surface area contributed by atoms with Crippen LogP contribution in [-0.4, -0.2) is 41.8 Å². The second-order valence-electron chi connectivity index (χ2n) is 7.51. The fourth-order valence-corrected chi connectivity index (χ4v) is 3.12. The van der Waals surface area contributed by atoms with Crippen LogP contribution in [0.1, 0.15) is 46.4 Å². The van der Waals surface area contributed by atoms with Gasteiger partial charge in [-0.05, 0) is 60.1 Å². The third-order valence-corrected chi connectivity index (χ3v) is 4.40. The van der Waals surface area contributed by atoms with Crippen LogP contribution in [0.15, 0.2) is 12.1 Å². The van der Waals surface area contributed by atoms with Crippen molar-refractivity contribution in [2.45, 2.75) is 59.1 Å². The molecule has 0 radical (unpaired) electrons. The lowest BCUT2D eigenvalue weighted by Crippen LogP contribution is -2.50. The van der Waals surface area contributed by atoms with Gasteiger partial charge in [0.05, 0.1) is 4.34 Å². The van der Waals surface area contributed by atoms with E-state index in [0.717, 1.165) is 23.8 Å². The van der Waals surface area contributed by atoms with Crippen molar-refractivity contribution >= 4 is 29.0 Å². The lowest BCUT2D eigenvalue weighted by atomic mass is 10.1. The number of hydrogen-bond acceptors (Lipinski definition) is 4. The highest BCUT2D eigenvalue weighted by Gasteiger charge is 2.30. The van der Waals surface area contributed by atoms with Crippen molar-refractivity contribution in [2.75, 3.05) is 19.6 Å². The second-order valence-corrected chi connectivity index (χ2v) is 9.31. The average Bonchev–Trinajstić information content (AvgIpc) is 2.75. The Balaban J connectivity index is 2.41. The summed E-state index contributed by atoms with van der Waals surface area (Å²) in [5, 5.41) is 3.38. The predicted octanol–water partition coefficient (Wildman–Crippen LogP) is 4.57. The van der Waals surface area contributed by atoms with Crippen LogP contribution in [-0.2, 0) is 11.2 Å². The van der Waals surface area contributed by atoms with Gasteiger partial charge in [0.1, 0.15) is 5.60 Å². The van der Waals surface area contributed by atoms with Crippen LogP contribution in [0.25, 0.3) is 0 Å². The highest BCUT2D eigenvalue weighted by Crippen LogP contribution is 2.21. The van der Waals surface area contributed by atoms with Crippen LogP contribution in [0.5, 0.6) is 0 Å². The van der Waals surface area contributed by atoms with E-state index in [1.54, 1.807) is 16.2 Å². The number of amides is 1. The van der Waals surface area contributed by atoms with E-state index in [9.17, 15) is 4.79 Å². The first-order valence-electron chi connectivity index (χ1n) is 7.94. The van der Waals surface area contributed by atoms with E-state index in [2.05, 4.69) is 11.4 Å². The van der Waals surface area contributed by atoms with Gasteiger partial charge in [-0.25, -0.2) is 4.79 Å². The minimum Gasteiger partial charge on any atom is -0.444 e. The number of rotatable bonds is 6. The average molecular weight is 361 g/mol. The summed E-state index contributed by atoms with van der Waals surface area (Å²) in [6, 6.07) is 3.97. The zero-order chi connectivity index (χ0) is 17.7. The van der Waals surface area contributed by atoms with Gasteiger partial charge in [-0.1, -0.05) is 11.6 Å². The molecule has 0 saturated carbocycles. The van der Waals surface area contributed by atoms with E-state index in [0.29, 0.717) is 6.54 Å². The van der Waals surface area contributed by atoms with Crippen LogP contribution >= 0.6 is 22.9 Å². The Hall–Kier alpha value is -0.780. The number of carbonyl (C=O) groups is 1. The van der Waals surface area contributed by atoms with Crippen molar-refractivity contribution in [3.63, 3.8) is 0 Å². The molecule has 4 nitrogen and oxygen atoms in total. The van der Waals surface area contributed by atoms with Crippen molar-refractivity contribution in [2.24, 2.45) is 0 Å². The maximum atomic E-state index is 12.4. The van der Waals surface area contributed by atoms with Crippen molar-refractivity contribution in [1.82, 2.24) is 10.2 Å². The van der Waals surface area contributed by atoms with E-state index < -0.39 is 5.60 Å². The molecule has 132 valence electrons. The molecule has 0 unspecified atom stereocenters. The van der Waals surface area contributed by atoms with E-state index >= 15 is 0 Å². The minimum absolute atomic E-state index is 0.267. The van der Waals surface area contributed by atoms with E-state index in [-0.39, 0.29) is 11.6 Å². The van der Waals surface area contributed by atoms with Gasteiger partial charge in [-0.15, -0.1) is 11.3 Å². The number of hydrogen-bond donors (Lipinski definition) is 1. The Kier molecular flexibility index (Phi) is 7.36. The Bertz CT molecular complexity index is 503. The number of nitrogens with one attached hydrogen (secondary N) is 1.